The highest BCUT2D eigenvalue weighted by Crippen LogP contribution is 2.23. The first-order chi connectivity index (χ1) is 7.56. The Kier molecular flexibility index (Phi) is 5.15. The Morgan fingerprint density at radius 3 is 2.94 bits per heavy atom. The van der Waals surface area contributed by atoms with Crippen LogP contribution in [-0.4, -0.2) is 24.0 Å². The third-order valence-corrected chi connectivity index (χ3v) is 4.08. The smallest absolute Gasteiger partial charge is 0.252 e. The highest BCUT2D eigenvalue weighted by Gasteiger charge is 2.12. The number of hydrogen-bond donors (Lipinski definition) is 2. The largest absolute Gasteiger partial charge is 0.398 e. The van der Waals surface area contributed by atoms with Crippen molar-refractivity contribution < 1.29 is 4.79 Å². The lowest BCUT2D eigenvalue weighted by Gasteiger charge is -2.11. The maximum absolute atomic E-state index is 11.8. The van der Waals surface area contributed by atoms with Gasteiger partial charge in [0.05, 0.1) is 10.0 Å². The SMILES string of the molecule is CSC(C)CNC(=O)c1cccc(N)c1Br. The van der Waals surface area contributed by atoms with Crippen LogP contribution in [-0.2, 0) is 0 Å². The van der Waals surface area contributed by atoms with Crippen molar-refractivity contribution >= 4 is 39.3 Å². The van der Waals surface area contributed by atoms with Crippen LogP contribution in [0.1, 0.15) is 17.3 Å². The zero-order chi connectivity index (χ0) is 12.1. The van der Waals surface area contributed by atoms with Crippen molar-refractivity contribution in [1.82, 2.24) is 5.32 Å². The summed E-state index contributed by atoms with van der Waals surface area (Å²) >= 11 is 5.03. The molecule has 0 spiro atoms. The van der Waals surface area contributed by atoms with E-state index in [1.807, 2.05) is 6.26 Å². The highest BCUT2D eigenvalue weighted by molar-refractivity contribution is 9.10. The first-order valence-electron chi connectivity index (χ1n) is 4.91. The van der Waals surface area contributed by atoms with E-state index in [9.17, 15) is 4.79 Å². The van der Waals surface area contributed by atoms with Crippen molar-refractivity contribution in [3.63, 3.8) is 0 Å². The fraction of sp³-hybridized carbons (Fsp3) is 0.364. The Hall–Kier alpha value is -0.680. The lowest BCUT2D eigenvalue weighted by Crippen LogP contribution is -2.29. The Balaban J connectivity index is 2.70. The van der Waals surface area contributed by atoms with Gasteiger partial charge in [0.2, 0.25) is 0 Å². The molecule has 0 saturated heterocycles. The molecule has 0 heterocycles. The van der Waals surface area contributed by atoms with Gasteiger partial charge in [0, 0.05) is 17.5 Å². The van der Waals surface area contributed by atoms with E-state index in [1.54, 1.807) is 30.0 Å². The molecule has 1 rings (SSSR count). The average molecular weight is 303 g/mol. The molecule has 0 radical (unpaired) electrons. The van der Waals surface area contributed by atoms with Gasteiger partial charge in [-0.15, -0.1) is 0 Å². The minimum Gasteiger partial charge on any atom is -0.398 e. The predicted octanol–water partition coefficient (Wildman–Crippen LogP) is 2.51. The van der Waals surface area contributed by atoms with E-state index in [0.717, 1.165) is 0 Å². The molecule has 1 amide bonds. The number of nitrogens with two attached hydrogens (primary N) is 1. The number of amides is 1. The molecule has 0 aliphatic carbocycles. The first kappa shape index (κ1) is 13.4. The second-order valence-electron chi connectivity index (χ2n) is 3.47. The molecule has 5 heteroatoms. The molecule has 1 atom stereocenters. The number of nitrogens with one attached hydrogen (secondary N) is 1. The van der Waals surface area contributed by atoms with Gasteiger partial charge < -0.3 is 11.1 Å². The predicted molar refractivity (Wildman–Crippen MR) is 73.9 cm³/mol. The molecular formula is C11H15BrN2OS. The standard InChI is InChI=1S/C11H15BrN2OS/c1-7(16-2)6-14-11(15)8-4-3-5-9(13)10(8)12/h3-5,7H,6,13H2,1-2H3,(H,14,15). The molecule has 88 valence electrons. The van der Waals surface area contributed by atoms with Gasteiger partial charge in [0.1, 0.15) is 0 Å². The molecule has 3 nitrogen and oxygen atoms in total. The molecule has 0 fully saturated rings. The van der Waals surface area contributed by atoms with E-state index >= 15 is 0 Å². The lowest BCUT2D eigenvalue weighted by atomic mass is 10.2. The molecule has 1 aromatic rings. The number of anilines is 1. The van der Waals surface area contributed by atoms with E-state index < -0.39 is 0 Å². The van der Waals surface area contributed by atoms with E-state index in [1.165, 1.54) is 0 Å². The van der Waals surface area contributed by atoms with Crippen LogP contribution >= 0.6 is 27.7 Å². The van der Waals surface area contributed by atoms with E-state index in [0.29, 0.717) is 27.5 Å². The average Bonchev–Trinajstić information content (AvgIpc) is 2.29. The van der Waals surface area contributed by atoms with Crippen molar-refractivity contribution in [2.24, 2.45) is 0 Å². The van der Waals surface area contributed by atoms with Crippen LogP contribution in [0.3, 0.4) is 0 Å². The Bertz CT molecular complexity index is 384. The van der Waals surface area contributed by atoms with Crippen LogP contribution < -0.4 is 11.1 Å². The van der Waals surface area contributed by atoms with Gasteiger partial charge in [-0.1, -0.05) is 13.0 Å². The number of halogens is 1. The summed E-state index contributed by atoms with van der Waals surface area (Å²) < 4.78 is 0.657. The monoisotopic (exact) mass is 302 g/mol. The molecule has 0 aromatic heterocycles. The molecule has 1 unspecified atom stereocenters. The summed E-state index contributed by atoms with van der Waals surface area (Å²) in [7, 11) is 0. The summed E-state index contributed by atoms with van der Waals surface area (Å²) in [6, 6.07) is 5.28. The van der Waals surface area contributed by atoms with Crippen LogP contribution in [0.5, 0.6) is 0 Å². The lowest BCUT2D eigenvalue weighted by molar-refractivity contribution is 0.0953. The fourth-order valence-electron chi connectivity index (χ4n) is 1.14. The molecule has 0 bridgehead atoms. The van der Waals surface area contributed by atoms with Crippen molar-refractivity contribution in [2.45, 2.75) is 12.2 Å². The minimum absolute atomic E-state index is 0.0972. The number of rotatable bonds is 4. The van der Waals surface area contributed by atoms with Gasteiger partial charge in [-0.3, -0.25) is 4.79 Å². The Labute approximate surface area is 108 Å². The zero-order valence-electron chi connectivity index (χ0n) is 9.29. The van der Waals surface area contributed by atoms with Crippen LogP contribution in [0.2, 0.25) is 0 Å². The summed E-state index contributed by atoms with van der Waals surface area (Å²) in [6.45, 7) is 2.72. The van der Waals surface area contributed by atoms with E-state index in [2.05, 4.69) is 28.2 Å². The quantitative estimate of drug-likeness (QED) is 0.840. The van der Waals surface area contributed by atoms with Gasteiger partial charge >= 0.3 is 0 Å². The maximum atomic E-state index is 11.8. The van der Waals surface area contributed by atoms with Crippen LogP contribution in [0, 0.1) is 0 Å². The Morgan fingerprint density at radius 2 is 2.31 bits per heavy atom. The second kappa shape index (κ2) is 6.15. The van der Waals surface area contributed by atoms with Gasteiger partial charge in [0.25, 0.3) is 5.91 Å². The summed E-state index contributed by atoms with van der Waals surface area (Å²) in [4.78, 5) is 11.8. The molecule has 0 aliphatic rings. The minimum atomic E-state index is -0.0972. The highest BCUT2D eigenvalue weighted by atomic mass is 79.9. The molecule has 0 saturated carbocycles. The molecular weight excluding hydrogens is 288 g/mol. The van der Waals surface area contributed by atoms with Crippen LogP contribution in [0.4, 0.5) is 5.69 Å². The fourth-order valence-corrected chi connectivity index (χ4v) is 1.83. The third-order valence-electron chi connectivity index (χ3n) is 2.23. The van der Waals surface area contributed by atoms with Crippen molar-refractivity contribution in [1.29, 1.82) is 0 Å². The number of thioether (sulfide) groups is 1. The molecule has 0 aliphatic heterocycles. The van der Waals surface area contributed by atoms with Crippen LogP contribution in [0.15, 0.2) is 22.7 Å². The number of benzene rings is 1. The van der Waals surface area contributed by atoms with Crippen molar-refractivity contribution in [3.05, 3.63) is 28.2 Å². The molecule has 1 aromatic carbocycles. The number of nitrogen functional groups attached to an aromatic ring is 1. The van der Waals surface area contributed by atoms with Gasteiger partial charge in [-0.2, -0.15) is 11.8 Å². The number of carbonyl (C=O) groups excluding carboxylic acids is 1. The summed E-state index contributed by atoms with van der Waals surface area (Å²) in [5.41, 5.74) is 6.86. The second-order valence-corrected chi connectivity index (χ2v) is 5.53. The van der Waals surface area contributed by atoms with E-state index in [-0.39, 0.29) is 5.91 Å². The van der Waals surface area contributed by atoms with Crippen molar-refractivity contribution in [3.8, 4) is 0 Å². The normalized spacial score (nSPS) is 12.2. The van der Waals surface area contributed by atoms with Gasteiger partial charge in [-0.05, 0) is 34.3 Å². The van der Waals surface area contributed by atoms with Gasteiger partial charge in [0.15, 0.2) is 0 Å². The topological polar surface area (TPSA) is 55.1 Å². The summed E-state index contributed by atoms with van der Waals surface area (Å²) in [6.07, 6.45) is 2.02. The Morgan fingerprint density at radius 1 is 1.62 bits per heavy atom. The maximum Gasteiger partial charge on any atom is 0.252 e. The molecule has 3 N–H and O–H groups in total. The van der Waals surface area contributed by atoms with E-state index in [4.69, 9.17) is 5.73 Å². The third kappa shape index (κ3) is 3.42. The summed E-state index contributed by atoms with van der Waals surface area (Å²) in [5.74, 6) is -0.0972. The van der Waals surface area contributed by atoms with Crippen molar-refractivity contribution in [2.75, 3.05) is 18.5 Å². The zero-order valence-corrected chi connectivity index (χ0v) is 11.7. The molecule has 16 heavy (non-hydrogen) atoms. The number of carbonyl (C=O) groups is 1. The van der Waals surface area contributed by atoms with Gasteiger partial charge in [-0.25, -0.2) is 0 Å². The number of hydrogen-bond acceptors (Lipinski definition) is 3. The van der Waals surface area contributed by atoms with Crippen LogP contribution in [0.25, 0.3) is 0 Å². The first-order valence-corrected chi connectivity index (χ1v) is 6.99. The summed E-state index contributed by atoms with van der Waals surface area (Å²) in [5, 5.41) is 3.28.